The number of rotatable bonds is 6. The minimum atomic E-state index is -6.09. The first-order valence-corrected chi connectivity index (χ1v) is 15.2. The molecule has 0 saturated heterocycles. The second kappa shape index (κ2) is 18.9. The average Bonchev–Trinajstić information content (AvgIpc) is 3.84. The smallest absolute Gasteiger partial charge is 0.741 e. The largest absolute Gasteiger partial charge is 1.00 e. The molecule has 0 bridgehead atoms. The van der Waals surface area contributed by atoms with Gasteiger partial charge in [-0.15, -0.1) is 0 Å². The summed E-state index contributed by atoms with van der Waals surface area (Å²) in [4.78, 5) is 0. The van der Waals surface area contributed by atoms with E-state index in [0.29, 0.717) is 0 Å². The van der Waals surface area contributed by atoms with Gasteiger partial charge in [0.1, 0.15) is 0 Å². The fraction of sp³-hybridized carbons (Fsp3) is 0.182. The molecule has 50 heavy (non-hydrogen) atoms. The van der Waals surface area contributed by atoms with Gasteiger partial charge in [0.25, 0.3) is 0 Å². The summed E-state index contributed by atoms with van der Waals surface area (Å²) in [5.41, 5.74) is -11.3. The van der Waals surface area contributed by atoms with Gasteiger partial charge in [-0.3, -0.25) is 0 Å². The van der Waals surface area contributed by atoms with E-state index in [1.807, 2.05) is 73.6 Å². The third kappa shape index (κ3) is 12.8. The zero-order valence-electron chi connectivity index (χ0n) is 24.1. The molecular formula is C22H20Ag2F6N12O6S2. The summed E-state index contributed by atoms with van der Waals surface area (Å²) in [6, 6.07) is 11.2. The van der Waals surface area contributed by atoms with Crippen LogP contribution in [0.5, 0.6) is 0 Å². The van der Waals surface area contributed by atoms with E-state index in [9.17, 15) is 26.3 Å². The first kappa shape index (κ1) is 44.2. The van der Waals surface area contributed by atoms with Crippen molar-refractivity contribution in [2.24, 2.45) is 0 Å². The molecule has 0 fully saturated rings. The maximum atomic E-state index is 10.7. The molecule has 6 rings (SSSR count). The number of alkyl halides is 6. The number of nitrogens with zero attached hydrogens (tertiary/aromatic N) is 12. The third-order valence-corrected chi connectivity index (χ3v) is 6.27. The zero-order chi connectivity index (χ0) is 35.6. The first-order chi connectivity index (χ1) is 22.4. The topological polar surface area (TPSA) is 221 Å². The van der Waals surface area contributed by atoms with E-state index in [2.05, 4.69) is 30.6 Å². The summed E-state index contributed by atoms with van der Waals surface area (Å²) in [7, 11) is -12.2. The fourth-order valence-corrected chi connectivity index (χ4v) is 3.23. The summed E-state index contributed by atoms with van der Waals surface area (Å²) in [6.45, 7) is 0. The van der Waals surface area contributed by atoms with Crippen molar-refractivity contribution in [3.63, 3.8) is 0 Å². The van der Waals surface area contributed by atoms with E-state index in [0.717, 1.165) is 0 Å². The molecule has 6 heterocycles. The van der Waals surface area contributed by atoms with Crippen molar-refractivity contribution < 1.29 is 97.0 Å². The van der Waals surface area contributed by atoms with Crippen LogP contribution in [0.4, 0.5) is 26.3 Å². The van der Waals surface area contributed by atoms with E-state index in [-0.39, 0.29) is 57.3 Å². The molecule has 0 aliphatic carbocycles. The van der Waals surface area contributed by atoms with Crippen LogP contribution in [0, 0.1) is 0 Å². The van der Waals surface area contributed by atoms with Crippen LogP contribution in [0.1, 0.15) is 12.6 Å². The number of aromatic nitrogens is 12. The predicted molar refractivity (Wildman–Crippen MR) is 145 cm³/mol. The maximum Gasteiger partial charge on any atom is 1.00 e. The van der Waals surface area contributed by atoms with Crippen LogP contribution < -0.4 is 0 Å². The summed E-state index contributed by atoms with van der Waals surface area (Å²) in [6.07, 6.45) is 21.3. The van der Waals surface area contributed by atoms with Crippen LogP contribution in [0.25, 0.3) is 0 Å². The van der Waals surface area contributed by atoms with E-state index in [1.165, 1.54) is 0 Å². The Bertz CT molecular complexity index is 1650. The average molecular weight is 942 g/mol. The molecule has 0 aliphatic heterocycles. The SMILES string of the molecule is O=S(=O)([O-])C(F)(F)F.O=S(=O)([O-])C(F)(F)F.[Ag+].[Ag+].c1cnn(C(n2cccn2)n2cccn2)c1.c1cnn(C(n2cccn2)n2cccn2)c1. The van der Waals surface area contributed by atoms with Gasteiger partial charge < -0.3 is 9.11 Å². The molecule has 18 nitrogen and oxygen atoms in total. The minimum absolute atomic E-state index is 0. The van der Waals surface area contributed by atoms with Gasteiger partial charge in [0, 0.05) is 74.4 Å². The summed E-state index contributed by atoms with van der Waals surface area (Å²) >= 11 is 0. The van der Waals surface area contributed by atoms with Crippen molar-refractivity contribution in [2.45, 2.75) is 23.6 Å². The molecule has 28 heteroatoms. The van der Waals surface area contributed by atoms with Gasteiger partial charge in [-0.05, 0) is 36.4 Å². The van der Waals surface area contributed by atoms with E-state index >= 15 is 0 Å². The molecular weight excluding hydrogens is 922 g/mol. The van der Waals surface area contributed by atoms with Gasteiger partial charge in [-0.2, -0.15) is 56.9 Å². The Kier molecular flexibility index (Phi) is 16.7. The minimum Gasteiger partial charge on any atom is -0.741 e. The molecule has 0 saturated carbocycles. The van der Waals surface area contributed by atoms with Crippen LogP contribution in [0.2, 0.25) is 0 Å². The van der Waals surface area contributed by atoms with Crippen LogP contribution in [-0.4, -0.2) is 95.6 Å². The van der Waals surface area contributed by atoms with E-state index in [4.69, 9.17) is 25.9 Å². The van der Waals surface area contributed by atoms with Crippen LogP contribution in [-0.2, 0) is 65.0 Å². The van der Waals surface area contributed by atoms with Gasteiger partial charge in [-0.25, -0.2) is 44.9 Å². The van der Waals surface area contributed by atoms with E-state index < -0.39 is 31.3 Å². The number of hydrogen-bond donors (Lipinski definition) is 0. The second-order valence-electron chi connectivity index (χ2n) is 8.41. The van der Waals surface area contributed by atoms with Crippen molar-refractivity contribution in [1.82, 2.24) is 58.7 Å². The molecule has 280 valence electrons. The van der Waals surface area contributed by atoms with Crippen molar-refractivity contribution >= 4 is 20.2 Å². The molecule has 6 aromatic rings. The number of halogens is 6. The van der Waals surface area contributed by atoms with Crippen LogP contribution in [0.15, 0.2) is 111 Å². The second-order valence-corrected chi connectivity index (χ2v) is 11.2. The molecule has 0 N–H and O–H groups in total. The summed E-state index contributed by atoms with van der Waals surface area (Å²) in [5.74, 6) is 0. The van der Waals surface area contributed by atoms with Gasteiger partial charge in [0.05, 0.1) is 0 Å². The van der Waals surface area contributed by atoms with Gasteiger partial charge >= 0.3 is 55.8 Å². The molecule has 0 atom stereocenters. The Morgan fingerprint density at radius 2 is 0.560 bits per heavy atom. The molecule has 0 spiro atoms. The standard InChI is InChI=1S/2C10H10N6.2CHF3O3S.2Ag/c2*1-4-11-14(7-1)10(15-8-2-5-12-15)16-9-3-6-13-16;2*2-1(3,4)8(5,6)7;;/h2*1-10H;2*(H,5,6,7);;/q;;;;2*+1/p-2. The molecule has 0 radical (unpaired) electrons. The molecule has 0 unspecified atom stereocenters. The fourth-order valence-electron chi connectivity index (χ4n) is 3.23. The Labute approximate surface area is 308 Å². The van der Waals surface area contributed by atoms with Crippen molar-refractivity contribution in [1.29, 1.82) is 0 Å². The Morgan fingerprint density at radius 1 is 0.420 bits per heavy atom. The molecule has 0 aliphatic rings. The van der Waals surface area contributed by atoms with Crippen molar-refractivity contribution in [3.8, 4) is 0 Å². The number of hydrogen-bond acceptors (Lipinski definition) is 12. The summed E-state index contributed by atoms with van der Waals surface area (Å²) < 4.78 is 129. The Balaban J connectivity index is 0.000000348. The monoisotopic (exact) mass is 940 g/mol. The van der Waals surface area contributed by atoms with Crippen LogP contribution >= 0.6 is 0 Å². The quantitative estimate of drug-likeness (QED) is 0.101. The Morgan fingerprint density at radius 3 is 0.640 bits per heavy atom. The van der Waals surface area contributed by atoms with Crippen LogP contribution in [0.3, 0.4) is 0 Å². The van der Waals surface area contributed by atoms with Gasteiger partial charge in [-0.1, -0.05) is 0 Å². The van der Waals surface area contributed by atoms with Gasteiger partial charge in [0.15, 0.2) is 20.2 Å². The summed E-state index contributed by atoms with van der Waals surface area (Å²) in [5, 5.41) is 25.3. The van der Waals surface area contributed by atoms with Crippen molar-refractivity contribution in [3.05, 3.63) is 111 Å². The first-order valence-electron chi connectivity index (χ1n) is 12.4. The molecule has 0 aromatic carbocycles. The van der Waals surface area contributed by atoms with E-state index in [1.54, 1.807) is 65.3 Å². The third-order valence-electron chi connectivity index (χ3n) is 5.14. The molecule has 0 amide bonds. The predicted octanol–water partition coefficient (Wildman–Crippen LogP) is 1.76. The normalized spacial score (nSPS) is 11.6. The Hall–Kier alpha value is -3.86. The zero-order valence-corrected chi connectivity index (χ0v) is 28.6. The van der Waals surface area contributed by atoms with Crippen molar-refractivity contribution in [2.75, 3.05) is 0 Å². The van der Waals surface area contributed by atoms with Gasteiger partial charge in [0.2, 0.25) is 12.6 Å². The maximum absolute atomic E-state index is 10.7. The molecule has 6 aromatic heterocycles.